The van der Waals surface area contributed by atoms with Crippen LogP contribution in [0.5, 0.6) is 5.75 Å². The van der Waals surface area contributed by atoms with Crippen LogP contribution >= 0.6 is 11.3 Å². The maximum atomic E-state index is 5.92. The molecule has 0 aliphatic heterocycles. The number of fused-ring (bicyclic) bond motifs is 1. The quantitative estimate of drug-likeness (QED) is 0.548. The molecule has 4 rings (SSSR count). The average Bonchev–Trinajstić information content (AvgIpc) is 3.18. The van der Waals surface area contributed by atoms with Gasteiger partial charge in [0.2, 0.25) is 0 Å². The summed E-state index contributed by atoms with van der Waals surface area (Å²) in [5.41, 5.74) is 4.29. The normalized spacial score (nSPS) is 11.1. The van der Waals surface area contributed by atoms with Crippen LogP contribution in [0.2, 0.25) is 0 Å². The highest BCUT2D eigenvalue weighted by molar-refractivity contribution is 7.18. The predicted molar refractivity (Wildman–Crippen MR) is 97.3 cm³/mol. The van der Waals surface area contributed by atoms with Crippen molar-refractivity contribution in [3.05, 3.63) is 65.3 Å². The van der Waals surface area contributed by atoms with E-state index in [0.717, 1.165) is 33.1 Å². The van der Waals surface area contributed by atoms with Gasteiger partial charge < -0.3 is 4.74 Å². The number of ether oxygens (including phenoxy) is 1. The molecule has 5 heteroatoms. The summed E-state index contributed by atoms with van der Waals surface area (Å²) in [5.74, 6) is 0.853. The van der Waals surface area contributed by atoms with Crippen LogP contribution in [-0.4, -0.2) is 14.8 Å². The average molecular weight is 335 g/mol. The fourth-order valence-corrected chi connectivity index (χ4v) is 3.58. The molecule has 2 aromatic carbocycles. The Kier molecular flexibility index (Phi) is 3.78. The van der Waals surface area contributed by atoms with Crippen molar-refractivity contribution in [2.75, 3.05) is 0 Å². The molecule has 0 atom stereocenters. The molecule has 0 spiro atoms. The highest BCUT2D eigenvalue weighted by Gasteiger charge is 2.08. The first-order valence-corrected chi connectivity index (χ1v) is 8.58. The number of para-hydroxylation sites is 1. The number of aryl methyl sites for hydroxylation is 2. The first-order valence-electron chi connectivity index (χ1n) is 7.77. The summed E-state index contributed by atoms with van der Waals surface area (Å²) < 4.78 is 8.93. The maximum Gasteiger partial charge on any atom is 0.140 e. The van der Waals surface area contributed by atoms with E-state index < -0.39 is 0 Å². The van der Waals surface area contributed by atoms with Crippen molar-refractivity contribution in [3.63, 3.8) is 0 Å². The van der Waals surface area contributed by atoms with E-state index in [4.69, 9.17) is 4.74 Å². The predicted octanol–water partition coefficient (Wildman–Crippen LogP) is 4.58. The third kappa shape index (κ3) is 2.90. The van der Waals surface area contributed by atoms with Gasteiger partial charge in [0.1, 0.15) is 17.4 Å². The fourth-order valence-electron chi connectivity index (χ4n) is 2.70. The Morgan fingerprint density at radius 2 is 2.00 bits per heavy atom. The number of hydrogen-bond donors (Lipinski definition) is 0. The molecule has 0 N–H and O–H groups in total. The Morgan fingerprint density at radius 3 is 2.75 bits per heavy atom. The molecule has 0 fully saturated rings. The standard InChI is InChI=1S/C19H17N3OS/c1-13-11-14(7-8-15(13)16-9-10-22(2)21-16)23-12-19-20-17-5-3-4-6-18(17)24-19/h3-11H,12H2,1-2H3. The van der Waals surface area contributed by atoms with Crippen LogP contribution in [0.3, 0.4) is 0 Å². The van der Waals surface area contributed by atoms with Gasteiger partial charge in [-0.15, -0.1) is 11.3 Å². The zero-order chi connectivity index (χ0) is 16.5. The van der Waals surface area contributed by atoms with Gasteiger partial charge in [0.25, 0.3) is 0 Å². The molecular weight excluding hydrogens is 318 g/mol. The van der Waals surface area contributed by atoms with Crippen molar-refractivity contribution in [1.82, 2.24) is 14.8 Å². The topological polar surface area (TPSA) is 39.9 Å². The molecule has 0 saturated carbocycles. The van der Waals surface area contributed by atoms with Crippen LogP contribution in [0.1, 0.15) is 10.6 Å². The lowest BCUT2D eigenvalue weighted by Crippen LogP contribution is -1.96. The molecule has 0 radical (unpaired) electrons. The van der Waals surface area contributed by atoms with E-state index in [1.165, 1.54) is 4.70 Å². The second kappa shape index (κ2) is 6.09. The lowest BCUT2D eigenvalue weighted by Gasteiger charge is -2.08. The summed E-state index contributed by atoms with van der Waals surface area (Å²) in [6.07, 6.45) is 1.95. The third-order valence-corrected chi connectivity index (χ3v) is 4.90. The number of hydrogen-bond acceptors (Lipinski definition) is 4. The highest BCUT2D eigenvalue weighted by atomic mass is 32.1. The van der Waals surface area contributed by atoms with E-state index in [2.05, 4.69) is 35.2 Å². The molecule has 24 heavy (non-hydrogen) atoms. The first kappa shape index (κ1) is 14.9. The van der Waals surface area contributed by atoms with Gasteiger partial charge in [0.15, 0.2) is 0 Å². The SMILES string of the molecule is Cc1cc(OCc2nc3ccccc3s2)ccc1-c1ccn(C)n1. The van der Waals surface area contributed by atoms with Crippen molar-refractivity contribution >= 4 is 21.6 Å². The molecule has 0 unspecified atom stereocenters. The van der Waals surface area contributed by atoms with E-state index >= 15 is 0 Å². The Morgan fingerprint density at radius 1 is 1.12 bits per heavy atom. The van der Waals surface area contributed by atoms with Crippen LogP contribution in [0.4, 0.5) is 0 Å². The van der Waals surface area contributed by atoms with Gasteiger partial charge in [-0.25, -0.2) is 4.98 Å². The summed E-state index contributed by atoms with van der Waals surface area (Å²) in [7, 11) is 1.92. The fraction of sp³-hybridized carbons (Fsp3) is 0.158. The Balaban J connectivity index is 1.51. The molecule has 4 nitrogen and oxygen atoms in total. The molecule has 120 valence electrons. The Hall–Kier alpha value is -2.66. The monoisotopic (exact) mass is 335 g/mol. The molecule has 2 aromatic heterocycles. The van der Waals surface area contributed by atoms with Crippen molar-refractivity contribution in [3.8, 4) is 17.0 Å². The maximum absolute atomic E-state index is 5.92. The smallest absolute Gasteiger partial charge is 0.140 e. The van der Waals surface area contributed by atoms with Crippen LogP contribution in [-0.2, 0) is 13.7 Å². The molecule has 2 heterocycles. The van der Waals surface area contributed by atoms with E-state index in [0.29, 0.717) is 6.61 Å². The van der Waals surface area contributed by atoms with Gasteiger partial charge in [-0.2, -0.15) is 5.10 Å². The van der Waals surface area contributed by atoms with Crippen molar-refractivity contribution in [1.29, 1.82) is 0 Å². The molecule has 4 aromatic rings. The number of rotatable bonds is 4. The van der Waals surface area contributed by atoms with E-state index in [1.54, 1.807) is 11.3 Å². The van der Waals surface area contributed by atoms with E-state index in [-0.39, 0.29) is 0 Å². The Labute approximate surface area is 144 Å². The van der Waals surface area contributed by atoms with Gasteiger partial charge in [-0.3, -0.25) is 4.68 Å². The largest absolute Gasteiger partial charge is 0.486 e. The minimum Gasteiger partial charge on any atom is -0.486 e. The van der Waals surface area contributed by atoms with Gasteiger partial charge >= 0.3 is 0 Å². The number of nitrogens with zero attached hydrogens (tertiary/aromatic N) is 3. The summed E-state index contributed by atoms with van der Waals surface area (Å²) >= 11 is 1.67. The highest BCUT2D eigenvalue weighted by Crippen LogP contribution is 2.27. The van der Waals surface area contributed by atoms with Crippen LogP contribution < -0.4 is 4.74 Å². The summed E-state index contributed by atoms with van der Waals surface area (Å²) in [6.45, 7) is 2.57. The van der Waals surface area contributed by atoms with Gasteiger partial charge in [0.05, 0.1) is 15.9 Å². The van der Waals surface area contributed by atoms with Gasteiger partial charge in [0, 0.05) is 18.8 Å². The second-order valence-corrected chi connectivity index (χ2v) is 6.83. The zero-order valence-electron chi connectivity index (χ0n) is 13.6. The van der Waals surface area contributed by atoms with Crippen LogP contribution in [0.15, 0.2) is 54.7 Å². The number of thiazole rings is 1. The van der Waals surface area contributed by atoms with Crippen LogP contribution in [0.25, 0.3) is 21.5 Å². The minimum absolute atomic E-state index is 0.488. The second-order valence-electron chi connectivity index (χ2n) is 5.72. The van der Waals surface area contributed by atoms with E-state index in [1.807, 2.05) is 48.3 Å². The zero-order valence-corrected chi connectivity index (χ0v) is 14.4. The summed E-state index contributed by atoms with van der Waals surface area (Å²) in [6, 6.07) is 16.3. The molecule has 0 aliphatic carbocycles. The lowest BCUT2D eigenvalue weighted by atomic mass is 10.1. The van der Waals surface area contributed by atoms with Crippen molar-refractivity contribution < 1.29 is 4.74 Å². The minimum atomic E-state index is 0.488. The van der Waals surface area contributed by atoms with Gasteiger partial charge in [-0.05, 0) is 48.9 Å². The van der Waals surface area contributed by atoms with E-state index in [9.17, 15) is 0 Å². The molecule has 0 amide bonds. The summed E-state index contributed by atoms with van der Waals surface area (Å²) in [5, 5.41) is 5.45. The molecular formula is C19H17N3OS. The third-order valence-electron chi connectivity index (χ3n) is 3.89. The van der Waals surface area contributed by atoms with Crippen molar-refractivity contribution in [2.45, 2.75) is 13.5 Å². The first-order chi connectivity index (χ1) is 11.7. The molecule has 0 saturated heterocycles. The molecule has 0 bridgehead atoms. The number of aromatic nitrogens is 3. The Bertz CT molecular complexity index is 970. The molecule has 0 aliphatic rings. The van der Waals surface area contributed by atoms with Crippen molar-refractivity contribution in [2.24, 2.45) is 7.05 Å². The number of benzene rings is 2. The summed E-state index contributed by atoms with van der Waals surface area (Å²) in [4.78, 5) is 4.60. The lowest BCUT2D eigenvalue weighted by molar-refractivity contribution is 0.305. The van der Waals surface area contributed by atoms with Gasteiger partial charge in [-0.1, -0.05) is 12.1 Å². The van der Waals surface area contributed by atoms with Crippen LogP contribution in [0, 0.1) is 6.92 Å².